The summed E-state index contributed by atoms with van der Waals surface area (Å²) in [6.45, 7) is 4.36. The molecule has 102 valence electrons. The number of nitriles is 1. The highest BCUT2D eigenvalue weighted by Gasteiger charge is 2.14. The zero-order chi connectivity index (χ0) is 14.4. The lowest BCUT2D eigenvalue weighted by molar-refractivity contribution is -0.385. The third-order valence-corrected chi connectivity index (χ3v) is 2.71. The highest BCUT2D eigenvalue weighted by molar-refractivity contribution is 5.58. The molecule has 0 aliphatic heterocycles. The van der Waals surface area contributed by atoms with Gasteiger partial charge in [-0.2, -0.15) is 5.26 Å². The Balaban J connectivity index is 2.71. The Morgan fingerprint density at radius 1 is 1.53 bits per heavy atom. The number of aliphatic hydroxyl groups is 1. The van der Waals surface area contributed by atoms with E-state index in [1.165, 1.54) is 12.1 Å². The van der Waals surface area contributed by atoms with Crippen molar-refractivity contribution in [3.8, 4) is 6.07 Å². The molecule has 1 rings (SSSR count). The minimum Gasteiger partial charge on any atom is -0.393 e. The van der Waals surface area contributed by atoms with E-state index >= 15 is 0 Å². The predicted molar refractivity (Wildman–Crippen MR) is 71.8 cm³/mol. The third-order valence-electron chi connectivity index (χ3n) is 2.71. The molecular formula is C13H17N3O3. The van der Waals surface area contributed by atoms with Crippen molar-refractivity contribution in [3.63, 3.8) is 0 Å². The number of hydrogen-bond acceptors (Lipinski definition) is 5. The molecule has 0 saturated carbocycles. The van der Waals surface area contributed by atoms with Crippen LogP contribution < -0.4 is 5.32 Å². The van der Waals surface area contributed by atoms with Gasteiger partial charge in [-0.1, -0.05) is 6.92 Å². The van der Waals surface area contributed by atoms with Gasteiger partial charge in [-0.3, -0.25) is 10.1 Å². The lowest BCUT2D eigenvalue weighted by atomic mass is 10.0. The molecule has 0 spiro atoms. The fourth-order valence-electron chi connectivity index (χ4n) is 1.85. The average Bonchev–Trinajstić information content (AvgIpc) is 2.34. The molecule has 1 aromatic carbocycles. The number of aliphatic hydroxyl groups excluding tert-OH is 1. The number of anilines is 1. The molecule has 0 fully saturated rings. The zero-order valence-corrected chi connectivity index (χ0v) is 11.0. The van der Waals surface area contributed by atoms with Gasteiger partial charge in [0.2, 0.25) is 0 Å². The number of nitro benzene ring substituents is 1. The summed E-state index contributed by atoms with van der Waals surface area (Å²) in [5.41, 5.74) is 0.517. The van der Waals surface area contributed by atoms with Crippen LogP contribution in [-0.4, -0.2) is 22.7 Å². The first-order valence-electron chi connectivity index (χ1n) is 6.04. The summed E-state index contributed by atoms with van der Waals surface area (Å²) in [7, 11) is 0. The second-order valence-corrected chi connectivity index (χ2v) is 4.67. The van der Waals surface area contributed by atoms with Crippen LogP contribution in [0.3, 0.4) is 0 Å². The Morgan fingerprint density at radius 2 is 2.21 bits per heavy atom. The van der Waals surface area contributed by atoms with Crippen LogP contribution in [0.1, 0.15) is 25.8 Å². The second kappa shape index (κ2) is 6.71. The van der Waals surface area contributed by atoms with Gasteiger partial charge in [-0.05, 0) is 31.4 Å². The molecule has 0 saturated heterocycles. The van der Waals surface area contributed by atoms with Crippen LogP contribution >= 0.6 is 0 Å². The first kappa shape index (κ1) is 14.9. The molecule has 2 atom stereocenters. The van der Waals surface area contributed by atoms with E-state index in [1.54, 1.807) is 13.0 Å². The van der Waals surface area contributed by atoms with Crippen LogP contribution in [0, 0.1) is 27.4 Å². The number of nitrogens with one attached hydrogen (secondary N) is 1. The first-order valence-corrected chi connectivity index (χ1v) is 6.04. The van der Waals surface area contributed by atoms with Crippen molar-refractivity contribution in [2.45, 2.75) is 26.4 Å². The van der Waals surface area contributed by atoms with Crippen LogP contribution in [0.15, 0.2) is 18.2 Å². The number of nitrogens with zero attached hydrogens (tertiary/aromatic N) is 2. The van der Waals surface area contributed by atoms with Crippen LogP contribution in [0.5, 0.6) is 0 Å². The van der Waals surface area contributed by atoms with E-state index in [2.05, 4.69) is 5.32 Å². The van der Waals surface area contributed by atoms with Gasteiger partial charge >= 0.3 is 0 Å². The van der Waals surface area contributed by atoms with Gasteiger partial charge < -0.3 is 10.4 Å². The van der Waals surface area contributed by atoms with Crippen LogP contribution in [0.2, 0.25) is 0 Å². The van der Waals surface area contributed by atoms with Crippen molar-refractivity contribution >= 4 is 11.4 Å². The Hall–Kier alpha value is -2.13. The zero-order valence-electron chi connectivity index (χ0n) is 11.0. The van der Waals surface area contributed by atoms with Gasteiger partial charge in [0, 0.05) is 18.3 Å². The summed E-state index contributed by atoms with van der Waals surface area (Å²) in [6.07, 6.45) is 0.314. The molecule has 6 heteroatoms. The lowest BCUT2D eigenvalue weighted by Crippen LogP contribution is -2.16. The molecule has 0 unspecified atom stereocenters. The van der Waals surface area contributed by atoms with Crippen molar-refractivity contribution in [2.24, 2.45) is 5.92 Å². The number of hydrogen-bond donors (Lipinski definition) is 2. The smallest absolute Gasteiger partial charge is 0.287 e. The summed E-state index contributed by atoms with van der Waals surface area (Å²) in [5, 5.41) is 31.9. The van der Waals surface area contributed by atoms with Gasteiger partial charge in [0.1, 0.15) is 11.6 Å². The average molecular weight is 263 g/mol. The molecule has 0 aromatic heterocycles. The SMILES string of the molecule is C[C@H](CNc1ccc([N+](=O)[O-])c(C#N)c1)C[C@H](C)O. The standard InChI is InChI=1S/C13H17N3O3/c1-9(5-10(2)17)8-15-12-3-4-13(16(18)19)11(6-12)7-14/h3-4,6,9-10,15,17H,5,8H2,1-2H3/t9-,10-/m0/s1. The Kier molecular flexibility index (Phi) is 5.27. The van der Waals surface area contributed by atoms with E-state index < -0.39 is 4.92 Å². The van der Waals surface area contributed by atoms with E-state index in [0.717, 1.165) is 0 Å². The quantitative estimate of drug-likeness (QED) is 0.606. The molecule has 0 amide bonds. The maximum Gasteiger partial charge on any atom is 0.287 e. The molecule has 0 heterocycles. The molecule has 19 heavy (non-hydrogen) atoms. The molecule has 0 radical (unpaired) electrons. The molecule has 1 aromatic rings. The highest BCUT2D eigenvalue weighted by Crippen LogP contribution is 2.22. The predicted octanol–water partition coefficient (Wildman–Crippen LogP) is 2.29. The topological polar surface area (TPSA) is 99.2 Å². The summed E-state index contributed by atoms with van der Waals surface area (Å²) in [4.78, 5) is 10.1. The van der Waals surface area contributed by atoms with E-state index in [1.807, 2.05) is 13.0 Å². The molecule has 0 aliphatic rings. The molecule has 0 bridgehead atoms. The van der Waals surface area contributed by atoms with Gasteiger partial charge in [-0.15, -0.1) is 0 Å². The van der Waals surface area contributed by atoms with Crippen LogP contribution in [0.25, 0.3) is 0 Å². The van der Waals surface area contributed by atoms with E-state index in [-0.39, 0.29) is 23.3 Å². The minimum atomic E-state index is -0.571. The summed E-state index contributed by atoms with van der Waals surface area (Å²) in [6, 6.07) is 6.18. The normalized spacial score (nSPS) is 13.4. The molecule has 6 nitrogen and oxygen atoms in total. The van der Waals surface area contributed by atoms with Gasteiger partial charge in [0.05, 0.1) is 11.0 Å². The van der Waals surface area contributed by atoms with E-state index in [0.29, 0.717) is 18.7 Å². The Morgan fingerprint density at radius 3 is 2.74 bits per heavy atom. The summed E-state index contributed by atoms with van der Waals surface area (Å²) < 4.78 is 0. The van der Waals surface area contributed by atoms with Crippen molar-refractivity contribution in [3.05, 3.63) is 33.9 Å². The van der Waals surface area contributed by atoms with Crippen LogP contribution in [0.4, 0.5) is 11.4 Å². The third kappa shape index (κ3) is 4.56. The molecule has 2 N–H and O–H groups in total. The van der Waals surface area contributed by atoms with Gasteiger partial charge in [-0.25, -0.2) is 0 Å². The Bertz CT molecular complexity index is 494. The largest absolute Gasteiger partial charge is 0.393 e. The second-order valence-electron chi connectivity index (χ2n) is 4.67. The molecule has 0 aliphatic carbocycles. The minimum absolute atomic E-state index is 0.0400. The molecular weight excluding hydrogens is 246 g/mol. The van der Waals surface area contributed by atoms with Crippen molar-refractivity contribution in [1.29, 1.82) is 5.26 Å². The lowest BCUT2D eigenvalue weighted by Gasteiger charge is -2.15. The van der Waals surface area contributed by atoms with Crippen molar-refractivity contribution < 1.29 is 10.0 Å². The summed E-state index contributed by atoms with van der Waals surface area (Å²) in [5.74, 6) is 0.265. The fraction of sp³-hybridized carbons (Fsp3) is 0.462. The monoisotopic (exact) mass is 263 g/mol. The number of benzene rings is 1. The number of rotatable bonds is 6. The Labute approximate surface area is 111 Å². The van der Waals surface area contributed by atoms with E-state index in [4.69, 9.17) is 5.26 Å². The van der Waals surface area contributed by atoms with Crippen molar-refractivity contribution in [1.82, 2.24) is 0 Å². The first-order chi connectivity index (χ1) is 8.93. The highest BCUT2D eigenvalue weighted by atomic mass is 16.6. The van der Waals surface area contributed by atoms with Crippen LogP contribution in [-0.2, 0) is 0 Å². The summed E-state index contributed by atoms with van der Waals surface area (Å²) >= 11 is 0. The fourth-order valence-corrected chi connectivity index (χ4v) is 1.85. The van der Waals surface area contributed by atoms with E-state index in [9.17, 15) is 15.2 Å². The van der Waals surface area contributed by atoms with Gasteiger partial charge in [0.25, 0.3) is 5.69 Å². The maximum absolute atomic E-state index is 10.7. The number of nitro groups is 1. The van der Waals surface area contributed by atoms with Gasteiger partial charge in [0.15, 0.2) is 0 Å². The van der Waals surface area contributed by atoms with Crippen molar-refractivity contribution in [2.75, 3.05) is 11.9 Å². The maximum atomic E-state index is 10.7.